The molecule has 196 valence electrons. The zero-order valence-electron chi connectivity index (χ0n) is 21.3. The van der Waals surface area contributed by atoms with Crippen LogP contribution >= 0.6 is 43.6 Å². The molecular weight excluding hydrogens is 636 g/mol. The molecule has 0 N–H and O–H groups in total. The second-order valence-electron chi connectivity index (χ2n) is 9.16. The highest BCUT2D eigenvalue weighted by Crippen LogP contribution is 2.38. The summed E-state index contributed by atoms with van der Waals surface area (Å²) in [6, 6.07) is 32.3. The SMILES string of the molecule is Cc1ccc(COc2c(Br)cc(/C=C3/SC(=NCc4ccccc4)N(Cc4ccccc4)C3=O)cc2Br)cc1. The van der Waals surface area contributed by atoms with Crippen LogP contribution in [0.3, 0.4) is 0 Å². The number of aryl methyl sites for hydroxylation is 1. The highest BCUT2D eigenvalue weighted by atomic mass is 79.9. The minimum atomic E-state index is -0.0531. The van der Waals surface area contributed by atoms with Gasteiger partial charge in [-0.05, 0) is 91.0 Å². The average Bonchev–Trinajstić information content (AvgIpc) is 3.22. The van der Waals surface area contributed by atoms with Gasteiger partial charge >= 0.3 is 0 Å². The van der Waals surface area contributed by atoms with E-state index in [0.717, 1.165) is 36.9 Å². The van der Waals surface area contributed by atoms with Crippen molar-refractivity contribution >= 4 is 60.8 Å². The lowest BCUT2D eigenvalue weighted by atomic mass is 10.1. The van der Waals surface area contributed by atoms with E-state index in [0.29, 0.717) is 29.8 Å². The summed E-state index contributed by atoms with van der Waals surface area (Å²) in [6.45, 7) is 3.51. The number of amidine groups is 1. The number of nitrogens with zero attached hydrogens (tertiary/aromatic N) is 2. The molecule has 1 aliphatic heterocycles. The fourth-order valence-corrected chi connectivity index (χ4v) is 6.49. The van der Waals surface area contributed by atoms with Crippen molar-refractivity contribution in [1.82, 2.24) is 4.90 Å². The number of hydrogen-bond acceptors (Lipinski definition) is 4. The zero-order chi connectivity index (χ0) is 27.2. The van der Waals surface area contributed by atoms with Crippen molar-refractivity contribution in [2.75, 3.05) is 0 Å². The van der Waals surface area contributed by atoms with Crippen molar-refractivity contribution in [2.45, 2.75) is 26.6 Å². The third-order valence-electron chi connectivity index (χ3n) is 6.13. The first kappa shape index (κ1) is 27.4. The number of aliphatic imine (C=N–C) groups is 1. The summed E-state index contributed by atoms with van der Waals surface area (Å²) in [5.41, 5.74) is 5.36. The summed E-state index contributed by atoms with van der Waals surface area (Å²) in [5, 5.41) is 0.704. The smallest absolute Gasteiger partial charge is 0.267 e. The molecule has 0 aliphatic carbocycles. The van der Waals surface area contributed by atoms with E-state index >= 15 is 0 Å². The normalized spacial score (nSPS) is 15.4. The Bertz CT molecular complexity index is 1500. The average molecular weight is 662 g/mol. The van der Waals surface area contributed by atoms with Gasteiger partial charge in [-0.15, -0.1) is 0 Å². The van der Waals surface area contributed by atoms with Crippen LogP contribution in [-0.4, -0.2) is 16.0 Å². The molecule has 0 atom stereocenters. The Morgan fingerprint density at radius 2 is 1.46 bits per heavy atom. The largest absolute Gasteiger partial charge is 0.487 e. The lowest BCUT2D eigenvalue weighted by Gasteiger charge is -2.15. The number of carbonyl (C=O) groups excluding carboxylic acids is 1. The summed E-state index contributed by atoms with van der Waals surface area (Å²) in [5.74, 6) is 0.668. The van der Waals surface area contributed by atoms with Gasteiger partial charge < -0.3 is 4.74 Å². The number of hydrogen-bond donors (Lipinski definition) is 0. The maximum Gasteiger partial charge on any atom is 0.267 e. The first-order chi connectivity index (χ1) is 19.0. The molecule has 1 aliphatic rings. The predicted octanol–water partition coefficient (Wildman–Crippen LogP) is 8.77. The van der Waals surface area contributed by atoms with Crippen molar-refractivity contribution in [3.8, 4) is 5.75 Å². The van der Waals surface area contributed by atoms with Gasteiger partial charge in [-0.3, -0.25) is 14.7 Å². The summed E-state index contributed by atoms with van der Waals surface area (Å²) >= 11 is 8.72. The van der Waals surface area contributed by atoms with E-state index in [4.69, 9.17) is 9.73 Å². The van der Waals surface area contributed by atoms with Crippen LogP contribution in [0.15, 0.2) is 116 Å². The van der Waals surface area contributed by atoms with E-state index in [2.05, 4.69) is 63.0 Å². The van der Waals surface area contributed by atoms with Gasteiger partial charge in [0, 0.05) is 0 Å². The third-order valence-corrected chi connectivity index (χ3v) is 8.36. The maximum absolute atomic E-state index is 13.6. The van der Waals surface area contributed by atoms with E-state index in [-0.39, 0.29) is 5.91 Å². The fraction of sp³-hybridized carbons (Fsp3) is 0.125. The quantitative estimate of drug-likeness (QED) is 0.177. The fourth-order valence-electron chi connectivity index (χ4n) is 4.07. The Balaban J connectivity index is 1.38. The summed E-state index contributed by atoms with van der Waals surface area (Å²) in [4.78, 5) is 20.8. The van der Waals surface area contributed by atoms with Crippen LogP contribution in [0.4, 0.5) is 0 Å². The van der Waals surface area contributed by atoms with Crippen LogP contribution in [0.1, 0.15) is 27.8 Å². The van der Waals surface area contributed by atoms with Gasteiger partial charge in [0.05, 0.1) is 26.9 Å². The third kappa shape index (κ3) is 7.10. The minimum absolute atomic E-state index is 0.0531. The number of carbonyl (C=O) groups is 1. The van der Waals surface area contributed by atoms with Crippen LogP contribution in [0, 0.1) is 6.92 Å². The molecule has 1 amide bonds. The van der Waals surface area contributed by atoms with Crippen molar-refractivity contribution in [2.24, 2.45) is 4.99 Å². The first-order valence-corrected chi connectivity index (χ1v) is 14.9. The number of benzene rings is 4. The molecule has 1 heterocycles. The van der Waals surface area contributed by atoms with Gasteiger partial charge in [0.2, 0.25) is 0 Å². The van der Waals surface area contributed by atoms with E-state index in [9.17, 15) is 4.79 Å². The lowest BCUT2D eigenvalue weighted by molar-refractivity contribution is -0.122. The van der Waals surface area contributed by atoms with Crippen LogP contribution < -0.4 is 4.74 Å². The van der Waals surface area contributed by atoms with Gasteiger partial charge in [-0.25, -0.2) is 0 Å². The number of ether oxygens (including phenoxy) is 1. The molecule has 4 aromatic rings. The molecule has 0 aromatic heterocycles. The van der Waals surface area contributed by atoms with Crippen molar-refractivity contribution in [3.05, 3.63) is 139 Å². The topological polar surface area (TPSA) is 41.9 Å². The van der Waals surface area contributed by atoms with E-state index < -0.39 is 0 Å². The molecule has 0 saturated carbocycles. The Morgan fingerprint density at radius 3 is 2.10 bits per heavy atom. The highest BCUT2D eigenvalue weighted by molar-refractivity contribution is 9.11. The van der Waals surface area contributed by atoms with Gasteiger partial charge in [0.25, 0.3) is 5.91 Å². The molecule has 4 nitrogen and oxygen atoms in total. The van der Waals surface area contributed by atoms with E-state index in [1.807, 2.05) is 78.9 Å². The Labute approximate surface area is 250 Å². The Morgan fingerprint density at radius 1 is 0.846 bits per heavy atom. The van der Waals surface area contributed by atoms with Crippen LogP contribution in [0.5, 0.6) is 5.75 Å². The standard InChI is InChI=1S/C32H26Br2N2O2S/c1-22-12-14-25(15-13-22)21-38-30-27(33)16-26(17-28(30)34)18-29-31(37)36(20-24-10-6-3-7-11-24)32(39-29)35-19-23-8-4-2-5-9-23/h2-18H,19-21H2,1H3/b29-18+,35-32?. The van der Waals surface area contributed by atoms with Crippen molar-refractivity contribution < 1.29 is 9.53 Å². The van der Waals surface area contributed by atoms with Crippen LogP contribution in [0.2, 0.25) is 0 Å². The van der Waals surface area contributed by atoms with E-state index in [1.54, 1.807) is 4.90 Å². The number of rotatable bonds is 8. The zero-order valence-corrected chi connectivity index (χ0v) is 25.3. The highest BCUT2D eigenvalue weighted by Gasteiger charge is 2.33. The molecule has 4 aromatic carbocycles. The molecule has 0 spiro atoms. The molecule has 1 saturated heterocycles. The molecule has 1 fully saturated rings. The number of halogens is 2. The second kappa shape index (κ2) is 12.8. The first-order valence-electron chi connectivity index (χ1n) is 12.5. The van der Waals surface area contributed by atoms with Gasteiger partial charge in [0.1, 0.15) is 12.4 Å². The van der Waals surface area contributed by atoms with Crippen LogP contribution in [0.25, 0.3) is 6.08 Å². The molecule has 0 radical (unpaired) electrons. The molecule has 39 heavy (non-hydrogen) atoms. The Kier molecular flexibility index (Phi) is 9.02. The van der Waals surface area contributed by atoms with Crippen molar-refractivity contribution in [3.63, 3.8) is 0 Å². The predicted molar refractivity (Wildman–Crippen MR) is 167 cm³/mol. The van der Waals surface area contributed by atoms with Gasteiger partial charge in [-0.2, -0.15) is 0 Å². The summed E-state index contributed by atoms with van der Waals surface area (Å²) < 4.78 is 7.72. The lowest BCUT2D eigenvalue weighted by Crippen LogP contribution is -2.28. The molecule has 5 rings (SSSR count). The second-order valence-corrected chi connectivity index (χ2v) is 11.9. The van der Waals surface area contributed by atoms with Crippen LogP contribution in [-0.2, 0) is 24.5 Å². The van der Waals surface area contributed by atoms with Gasteiger partial charge in [-0.1, -0.05) is 90.5 Å². The molecular formula is C32H26Br2N2O2S. The minimum Gasteiger partial charge on any atom is -0.487 e. The molecule has 0 unspecified atom stereocenters. The van der Waals surface area contributed by atoms with Gasteiger partial charge in [0.15, 0.2) is 5.17 Å². The van der Waals surface area contributed by atoms with E-state index in [1.165, 1.54) is 17.3 Å². The molecule has 7 heteroatoms. The Hall–Kier alpha value is -3.13. The summed E-state index contributed by atoms with van der Waals surface area (Å²) in [7, 11) is 0. The molecule has 0 bridgehead atoms. The monoisotopic (exact) mass is 660 g/mol. The van der Waals surface area contributed by atoms with Crippen molar-refractivity contribution in [1.29, 1.82) is 0 Å². The number of thioether (sulfide) groups is 1. The maximum atomic E-state index is 13.6. The number of amides is 1. The summed E-state index contributed by atoms with van der Waals surface area (Å²) in [6.07, 6.45) is 1.91.